The lowest BCUT2D eigenvalue weighted by molar-refractivity contribution is -0.122. The summed E-state index contributed by atoms with van der Waals surface area (Å²) in [5.74, 6) is 0.115. The Morgan fingerprint density at radius 1 is 1.39 bits per heavy atom. The van der Waals surface area contributed by atoms with Crippen molar-refractivity contribution in [3.63, 3.8) is 0 Å². The average molecular weight is 255 g/mol. The Bertz CT molecular complexity index is 283. The highest BCUT2D eigenvalue weighted by Gasteiger charge is 2.32. The lowest BCUT2D eigenvalue weighted by Crippen LogP contribution is -2.52. The van der Waals surface area contributed by atoms with E-state index < -0.39 is 0 Å². The Balaban J connectivity index is 2.55. The fourth-order valence-corrected chi connectivity index (χ4v) is 2.84. The summed E-state index contributed by atoms with van der Waals surface area (Å²) in [5, 5.41) is 6.16. The lowest BCUT2D eigenvalue weighted by Gasteiger charge is -2.40. The zero-order chi connectivity index (χ0) is 13.9. The molecule has 1 rings (SSSR count). The highest BCUT2D eigenvalue weighted by molar-refractivity contribution is 5.81. The van der Waals surface area contributed by atoms with Gasteiger partial charge >= 0.3 is 0 Å². The molecule has 1 amide bonds. The van der Waals surface area contributed by atoms with Crippen molar-refractivity contribution in [2.24, 2.45) is 0 Å². The van der Waals surface area contributed by atoms with Crippen molar-refractivity contribution in [3.05, 3.63) is 0 Å². The van der Waals surface area contributed by atoms with Crippen LogP contribution >= 0.6 is 0 Å². The molecule has 1 aliphatic rings. The second kappa shape index (κ2) is 6.02. The van der Waals surface area contributed by atoms with E-state index >= 15 is 0 Å². The van der Waals surface area contributed by atoms with Gasteiger partial charge in [0.2, 0.25) is 5.91 Å². The molecule has 0 aliphatic carbocycles. The smallest absolute Gasteiger partial charge is 0.236 e. The number of hydrogen-bond acceptors (Lipinski definition) is 3. The molecule has 4 nitrogen and oxygen atoms in total. The topological polar surface area (TPSA) is 44.4 Å². The molecule has 2 N–H and O–H groups in total. The zero-order valence-corrected chi connectivity index (χ0v) is 12.7. The summed E-state index contributed by atoms with van der Waals surface area (Å²) in [4.78, 5) is 14.1. The first-order valence-electron chi connectivity index (χ1n) is 7.00. The summed E-state index contributed by atoms with van der Waals surface area (Å²) < 4.78 is 0. The first-order chi connectivity index (χ1) is 8.25. The van der Waals surface area contributed by atoms with Crippen molar-refractivity contribution in [3.8, 4) is 0 Å². The second-order valence-corrected chi connectivity index (χ2v) is 6.52. The summed E-state index contributed by atoms with van der Waals surface area (Å²) in [7, 11) is 1.70. The molecular formula is C14H29N3O. The summed E-state index contributed by atoms with van der Waals surface area (Å²) >= 11 is 0. The molecule has 0 aromatic rings. The largest absolute Gasteiger partial charge is 0.358 e. The second-order valence-electron chi connectivity index (χ2n) is 6.52. The SMILES string of the molecule is CNC(=O)C1CCC(CN(C(C)C)C(C)(C)C)N1. The van der Waals surface area contributed by atoms with Gasteiger partial charge in [-0.3, -0.25) is 9.69 Å². The van der Waals surface area contributed by atoms with Gasteiger partial charge < -0.3 is 10.6 Å². The van der Waals surface area contributed by atoms with Gasteiger partial charge in [0.15, 0.2) is 0 Å². The van der Waals surface area contributed by atoms with Crippen molar-refractivity contribution in [2.45, 2.75) is 71.1 Å². The molecule has 0 radical (unpaired) electrons. The van der Waals surface area contributed by atoms with Gasteiger partial charge in [-0.2, -0.15) is 0 Å². The fraction of sp³-hybridized carbons (Fsp3) is 0.929. The maximum absolute atomic E-state index is 11.6. The minimum absolute atomic E-state index is 0.00557. The van der Waals surface area contributed by atoms with E-state index in [4.69, 9.17) is 0 Å². The molecule has 0 spiro atoms. The van der Waals surface area contributed by atoms with Crippen molar-refractivity contribution >= 4 is 5.91 Å². The summed E-state index contributed by atoms with van der Waals surface area (Å²) in [6.45, 7) is 12.2. The van der Waals surface area contributed by atoms with Gasteiger partial charge in [-0.05, 0) is 47.5 Å². The Morgan fingerprint density at radius 2 is 2.00 bits per heavy atom. The van der Waals surface area contributed by atoms with Gasteiger partial charge in [-0.1, -0.05) is 0 Å². The van der Waals surface area contributed by atoms with E-state index in [1.807, 2.05) is 0 Å². The van der Waals surface area contributed by atoms with Gasteiger partial charge in [0, 0.05) is 31.2 Å². The van der Waals surface area contributed by atoms with E-state index in [-0.39, 0.29) is 17.5 Å². The van der Waals surface area contributed by atoms with E-state index in [0.29, 0.717) is 12.1 Å². The Morgan fingerprint density at radius 3 is 2.44 bits per heavy atom. The highest BCUT2D eigenvalue weighted by atomic mass is 16.2. The average Bonchev–Trinajstić information content (AvgIpc) is 2.71. The molecule has 1 fully saturated rings. The maximum atomic E-state index is 11.6. The molecular weight excluding hydrogens is 226 g/mol. The molecule has 106 valence electrons. The van der Waals surface area contributed by atoms with Crippen LogP contribution in [0.4, 0.5) is 0 Å². The molecule has 1 saturated heterocycles. The number of amides is 1. The number of rotatable bonds is 4. The van der Waals surface area contributed by atoms with Gasteiger partial charge in [0.25, 0.3) is 0 Å². The Hall–Kier alpha value is -0.610. The number of carbonyl (C=O) groups excluding carboxylic acids is 1. The fourth-order valence-electron chi connectivity index (χ4n) is 2.84. The third kappa shape index (κ3) is 3.95. The Labute approximate surface area is 111 Å². The third-order valence-electron chi connectivity index (χ3n) is 3.71. The van der Waals surface area contributed by atoms with Crippen molar-refractivity contribution in [1.29, 1.82) is 0 Å². The van der Waals surface area contributed by atoms with Crippen LogP contribution in [0, 0.1) is 0 Å². The molecule has 2 atom stereocenters. The number of carbonyl (C=O) groups is 1. The molecule has 1 heterocycles. The molecule has 0 aromatic carbocycles. The van der Waals surface area contributed by atoms with Crippen LogP contribution in [0.15, 0.2) is 0 Å². The van der Waals surface area contributed by atoms with E-state index in [2.05, 4.69) is 50.2 Å². The van der Waals surface area contributed by atoms with Crippen LogP contribution < -0.4 is 10.6 Å². The van der Waals surface area contributed by atoms with E-state index in [9.17, 15) is 4.79 Å². The van der Waals surface area contributed by atoms with E-state index in [0.717, 1.165) is 19.4 Å². The van der Waals surface area contributed by atoms with Crippen LogP contribution in [0.5, 0.6) is 0 Å². The van der Waals surface area contributed by atoms with Crippen LogP contribution in [0.1, 0.15) is 47.5 Å². The Kier molecular flexibility index (Phi) is 5.17. The lowest BCUT2D eigenvalue weighted by atomic mass is 10.0. The number of nitrogens with zero attached hydrogens (tertiary/aromatic N) is 1. The molecule has 0 bridgehead atoms. The third-order valence-corrected chi connectivity index (χ3v) is 3.71. The number of hydrogen-bond donors (Lipinski definition) is 2. The monoisotopic (exact) mass is 255 g/mol. The van der Waals surface area contributed by atoms with Crippen molar-refractivity contribution in [1.82, 2.24) is 15.5 Å². The van der Waals surface area contributed by atoms with E-state index in [1.165, 1.54) is 0 Å². The van der Waals surface area contributed by atoms with Crippen LogP contribution in [-0.4, -0.2) is 48.1 Å². The molecule has 2 unspecified atom stereocenters. The van der Waals surface area contributed by atoms with Crippen LogP contribution in [0.3, 0.4) is 0 Å². The van der Waals surface area contributed by atoms with Crippen LogP contribution in [0.25, 0.3) is 0 Å². The maximum Gasteiger partial charge on any atom is 0.236 e. The van der Waals surface area contributed by atoms with Crippen molar-refractivity contribution < 1.29 is 4.79 Å². The van der Waals surface area contributed by atoms with Crippen LogP contribution in [-0.2, 0) is 4.79 Å². The normalized spacial score (nSPS) is 24.9. The molecule has 0 saturated carbocycles. The first-order valence-corrected chi connectivity index (χ1v) is 7.00. The number of likely N-dealkylation sites (N-methyl/N-ethyl adjacent to an activating group) is 1. The quantitative estimate of drug-likeness (QED) is 0.797. The zero-order valence-electron chi connectivity index (χ0n) is 12.7. The summed E-state index contributed by atoms with van der Waals surface area (Å²) in [6.07, 6.45) is 2.03. The standard InChI is InChI=1S/C14H29N3O/c1-10(2)17(14(3,4)5)9-11-7-8-12(16-11)13(18)15-6/h10-12,16H,7-9H2,1-6H3,(H,15,18). The van der Waals surface area contributed by atoms with Gasteiger partial charge in [-0.15, -0.1) is 0 Å². The van der Waals surface area contributed by atoms with Gasteiger partial charge in [0.05, 0.1) is 6.04 Å². The predicted octanol–water partition coefficient (Wildman–Crippen LogP) is 1.36. The minimum atomic E-state index is -0.00557. The minimum Gasteiger partial charge on any atom is -0.358 e. The predicted molar refractivity (Wildman–Crippen MR) is 75.6 cm³/mol. The number of nitrogens with one attached hydrogen (secondary N) is 2. The first kappa shape index (κ1) is 15.4. The van der Waals surface area contributed by atoms with Crippen LogP contribution in [0.2, 0.25) is 0 Å². The van der Waals surface area contributed by atoms with E-state index in [1.54, 1.807) is 7.05 Å². The summed E-state index contributed by atoms with van der Waals surface area (Å²) in [6, 6.07) is 0.939. The molecule has 18 heavy (non-hydrogen) atoms. The summed E-state index contributed by atoms with van der Waals surface area (Å²) in [5.41, 5.74) is 0.168. The molecule has 0 aromatic heterocycles. The van der Waals surface area contributed by atoms with Gasteiger partial charge in [0.1, 0.15) is 0 Å². The highest BCUT2D eigenvalue weighted by Crippen LogP contribution is 2.21. The van der Waals surface area contributed by atoms with Crippen molar-refractivity contribution in [2.75, 3.05) is 13.6 Å². The molecule has 4 heteroatoms. The molecule has 1 aliphatic heterocycles. The van der Waals surface area contributed by atoms with Gasteiger partial charge in [-0.25, -0.2) is 0 Å².